The summed E-state index contributed by atoms with van der Waals surface area (Å²) in [5.41, 5.74) is 5.08. The zero-order valence-corrected chi connectivity index (χ0v) is 21.2. The number of para-hydroxylation sites is 1. The minimum absolute atomic E-state index is 0.271. The minimum Gasteiger partial charge on any atom is -0.478 e. The number of ether oxygens (including phenoxy) is 1. The number of carbonyl (C=O) groups is 1. The van der Waals surface area contributed by atoms with E-state index in [-0.39, 0.29) is 6.42 Å². The van der Waals surface area contributed by atoms with E-state index in [1.165, 1.54) is 5.56 Å². The highest BCUT2D eigenvalue weighted by molar-refractivity contribution is 5.81. The number of hydrogen-bond acceptors (Lipinski definition) is 4. The van der Waals surface area contributed by atoms with Gasteiger partial charge in [0, 0.05) is 23.7 Å². The van der Waals surface area contributed by atoms with E-state index in [0.717, 1.165) is 33.5 Å². The number of fused-ring (bicyclic) bond motifs is 1. The van der Waals surface area contributed by atoms with E-state index in [0.29, 0.717) is 24.1 Å². The zero-order valence-electron chi connectivity index (χ0n) is 21.2. The molecule has 0 aliphatic heterocycles. The molecule has 1 N–H and O–H groups in total. The normalized spacial score (nSPS) is 12.2. The number of aromatic nitrogens is 2. The van der Waals surface area contributed by atoms with Crippen LogP contribution in [0.5, 0.6) is 5.75 Å². The summed E-state index contributed by atoms with van der Waals surface area (Å²) in [6.07, 6.45) is 1.33. The van der Waals surface area contributed by atoms with Crippen LogP contribution in [-0.2, 0) is 17.8 Å². The standard InChI is InChI=1S/C31H30N2O4/c1-20(2)23-10-12-24(13-11-23)30-32-27(21(3)36-30)19-33-16-15-25-17-22(9-14-28(25)33)18-29(31(34)35)37-26-7-5-4-6-8-26/h4-17,20,29H,18-19H2,1-3H3,(H,34,35). The molecular weight excluding hydrogens is 464 g/mol. The van der Waals surface area contributed by atoms with Crippen LogP contribution in [0.4, 0.5) is 0 Å². The van der Waals surface area contributed by atoms with Crippen molar-refractivity contribution in [2.45, 2.75) is 45.8 Å². The summed E-state index contributed by atoms with van der Waals surface area (Å²) in [7, 11) is 0. The molecule has 1 atom stereocenters. The molecule has 0 amide bonds. The fraction of sp³-hybridized carbons (Fsp3) is 0.226. The third kappa shape index (κ3) is 5.43. The molecule has 1 unspecified atom stereocenters. The summed E-state index contributed by atoms with van der Waals surface area (Å²) in [4.78, 5) is 16.6. The van der Waals surface area contributed by atoms with Gasteiger partial charge in [-0.25, -0.2) is 9.78 Å². The number of carboxylic acid groups (broad SMARTS) is 1. The molecule has 0 radical (unpaired) electrons. The van der Waals surface area contributed by atoms with Gasteiger partial charge in [0.1, 0.15) is 17.2 Å². The zero-order chi connectivity index (χ0) is 25.9. The van der Waals surface area contributed by atoms with Crippen molar-refractivity contribution in [1.29, 1.82) is 0 Å². The van der Waals surface area contributed by atoms with Crippen molar-refractivity contribution in [3.05, 3.63) is 108 Å². The van der Waals surface area contributed by atoms with Crippen molar-refractivity contribution < 1.29 is 19.1 Å². The summed E-state index contributed by atoms with van der Waals surface area (Å²) in [5, 5.41) is 10.7. The van der Waals surface area contributed by atoms with Crippen LogP contribution in [-0.4, -0.2) is 26.7 Å². The molecule has 6 nitrogen and oxygen atoms in total. The SMILES string of the molecule is Cc1oc(-c2ccc(C(C)C)cc2)nc1Cn1ccc2cc(CC(Oc3ccccc3)C(=O)O)ccc21. The molecule has 3 aromatic carbocycles. The molecular formula is C31H30N2O4. The van der Waals surface area contributed by atoms with Gasteiger partial charge in [-0.1, -0.05) is 50.2 Å². The van der Waals surface area contributed by atoms with E-state index in [1.54, 1.807) is 12.1 Å². The average molecular weight is 495 g/mol. The molecule has 5 rings (SSSR count). The van der Waals surface area contributed by atoms with Crippen LogP contribution in [0.3, 0.4) is 0 Å². The third-order valence-electron chi connectivity index (χ3n) is 6.59. The summed E-state index contributed by atoms with van der Waals surface area (Å²) < 4.78 is 13.9. The molecule has 0 saturated carbocycles. The van der Waals surface area contributed by atoms with E-state index in [9.17, 15) is 9.90 Å². The molecule has 0 saturated heterocycles. The van der Waals surface area contributed by atoms with Gasteiger partial charge in [0.15, 0.2) is 6.10 Å². The second-order valence-corrected chi connectivity index (χ2v) is 9.60. The molecule has 0 fully saturated rings. The van der Waals surface area contributed by atoms with Crippen molar-refractivity contribution in [1.82, 2.24) is 9.55 Å². The molecule has 0 bridgehead atoms. The fourth-order valence-corrected chi connectivity index (χ4v) is 4.44. The first-order chi connectivity index (χ1) is 17.9. The van der Waals surface area contributed by atoms with E-state index in [2.05, 4.69) is 42.7 Å². The second kappa shape index (κ2) is 10.3. The smallest absolute Gasteiger partial charge is 0.345 e. The Morgan fingerprint density at radius 3 is 2.49 bits per heavy atom. The highest BCUT2D eigenvalue weighted by Crippen LogP contribution is 2.26. The largest absolute Gasteiger partial charge is 0.478 e. The number of rotatable bonds is 9. The van der Waals surface area contributed by atoms with Crippen LogP contribution >= 0.6 is 0 Å². The Morgan fingerprint density at radius 1 is 1.03 bits per heavy atom. The Bertz CT molecular complexity index is 1510. The Kier molecular flexibility index (Phi) is 6.82. The fourth-order valence-electron chi connectivity index (χ4n) is 4.44. The summed E-state index contributed by atoms with van der Waals surface area (Å²) in [6.45, 7) is 6.87. The lowest BCUT2D eigenvalue weighted by molar-refractivity contribution is -0.145. The quantitative estimate of drug-likeness (QED) is 0.242. The van der Waals surface area contributed by atoms with Crippen LogP contribution in [0.25, 0.3) is 22.4 Å². The van der Waals surface area contributed by atoms with Gasteiger partial charge in [0.2, 0.25) is 5.89 Å². The van der Waals surface area contributed by atoms with Crippen molar-refractivity contribution in [3.63, 3.8) is 0 Å². The Morgan fingerprint density at radius 2 is 1.78 bits per heavy atom. The number of hydrogen-bond donors (Lipinski definition) is 1. The molecule has 2 heterocycles. The van der Waals surface area contributed by atoms with Gasteiger partial charge in [0.25, 0.3) is 0 Å². The van der Waals surface area contributed by atoms with Crippen LogP contribution in [0.2, 0.25) is 0 Å². The Labute approximate surface area is 216 Å². The first-order valence-corrected chi connectivity index (χ1v) is 12.5. The first-order valence-electron chi connectivity index (χ1n) is 12.5. The van der Waals surface area contributed by atoms with Gasteiger partial charge < -0.3 is 18.8 Å². The third-order valence-corrected chi connectivity index (χ3v) is 6.59. The summed E-state index contributed by atoms with van der Waals surface area (Å²) >= 11 is 0. The van der Waals surface area contributed by atoms with Gasteiger partial charge >= 0.3 is 5.97 Å². The topological polar surface area (TPSA) is 77.5 Å². The molecule has 6 heteroatoms. The first kappa shape index (κ1) is 24.4. The van der Waals surface area contributed by atoms with Gasteiger partial charge in [-0.15, -0.1) is 0 Å². The maximum atomic E-state index is 11.8. The molecule has 188 valence electrons. The number of aliphatic carboxylic acids is 1. The van der Waals surface area contributed by atoms with Crippen molar-refractivity contribution in [3.8, 4) is 17.2 Å². The van der Waals surface area contributed by atoms with Crippen LogP contribution < -0.4 is 4.74 Å². The number of carboxylic acids is 1. The molecule has 0 aliphatic carbocycles. The molecule has 5 aromatic rings. The van der Waals surface area contributed by atoms with Crippen molar-refractivity contribution in [2.24, 2.45) is 0 Å². The van der Waals surface area contributed by atoms with Gasteiger partial charge in [-0.2, -0.15) is 0 Å². The Balaban J connectivity index is 1.33. The highest BCUT2D eigenvalue weighted by atomic mass is 16.5. The van der Waals surface area contributed by atoms with E-state index in [4.69, 9.17) is 14.1 Å². The van der Waals surface area contributed by atoms with Gasteiger partial charge in [-0.3, -0.25) is 0 Å². The van der Waals surface area contributed by atoms with E-state index < -0.39 is 12.1 Å². The maximum absolute atomic E-state index is 11.8. The highest BCUT2D eigenvalue weighted by Gasteiger charge is 2.21. The van der Waals surface area contributed by atoms with E-state index >= 15 is 0 Å². The number of nitrogens with zero attached hydrogens (tertiary/aromatic N) is 2. The van der Waals surface area contributed by atoms with Crippen molar-refractivity contribution in [2.75, 3.05) is 0 Å². The lowest BCUT2D eigenvalue weighted by Crippen LogP contribution is -2.29. The average Bonchev–Trinajstić information content (AvgIpc) is 3.47. The lowest BCUT2D eigenvalue weighted by atomic mass is 10.0. The molecule has 0 spiro atoms. The Hall–Kier alpha value is -4.32. The minimum atomic E-state index is -0.988. The predicted molar refractivity (Wildman–Crippen MR) is 144 cm³/mol. The summed E-state index contributed by atoms with van der Waals surface area (Å²) in [6, 6.07) is 25.4. The van der Waals surface area contributed by atoms with E-state index in [1.807, 2.05) is 55.6 Å². The maximum Gasteiger partial charge on any atom is 0.345 e. The van der Waals surface area contributed by atoms with Crippen LogP contribution in [0.15, 0.2) is 89.5 Å². The lowest BCUT2D eigenvalue weighted by Gasteiger charge is -2.15. The van der Waals surface area contributed by atoms with Crippen molar-refractivity contribution >= 4 is 16.9 Å². The van der Waals surface area contributed by atoms with Gasteiger partial charge in [-0.05, 0) is 71.8 Å². The van der Waals surface area contributed by atoms with Gasteiger partial charge in [0.05, 0.1) is 6.54 Å². The molecule has 2 aromatic heterocycles. The summed E-state index contributed by atoms with van der Waals surface area (Å²) in [5.74, 6) is 1.45. The predicted octanol–water partition coefficient (Wildman–Crippen LogP) is 6.85. The molecule has 37 heavy (non-hydrogen) atoms. The van der Waals surface area contributed by atoms with Crippen LogP contribution in [0.1, 0.15) is 42.3 Å². The second-order valence-electron chi connectivity index (χ2n) is 9.60. The number of benzene rings is 3. The molecule has 0 aliphatic rings. The number of aryl methyl sites for hydroxylation is 1. The monoisotopic (exact) mass is 494 g/mol. The number of oxazole rings is 1. The van der Waals surface area contributed by atoms with Crippen LogP contribution in [0, 0.1) is 6.92 Å².